The molecule has 0 saturated heterocycles. The quantitative estimate of drug-likeness (QED) is 0.419. The molecule has 0 aliphatic heterocycles. The van der Waals surface area contributed by atoms with E-state index in [-0.39, 0.29) is 127 Å². The summed E-state index contributed by atoms with van der Waals surface area (Å²) in [6.07, 6.45) is 0. The molecule has 0 atom stereocenters. The first-order chi connectivity index (χ1) is 0. The van der Waals surface area contributed by atoms with E-state index in [0.717, 1.165) is 0 Å². The number of halogens is 1. The molecule has 0 fully saturated rings. The summed E-state index contributed by atoms with van der Waals surface area (Å²) in [6, 6.07) is 0. The van der Waals surface area contributed by atoms with Crippen LogP contribution in [0.3, 0.4) is 0 Å². The fourth-order valence-corrected chi connectivity index (χ4v) is 0. The van der Waals surface area contributed by atoms with Crippen molar-refractivity contribution in [1.82, 2.24) is 6.15 Å². The van der Waals surface area contributed by atoms with Crippen molar-refractivity contribution < 1.29 is 5.48 Å². The van der Waals surface area contributed by atoms with Crippen LogP contribution in [0.5, 0.6) is 0 Å². The molecule has 0 heterocycles. The first kappa shape index (κ1) is 39.2. The van der Waals surface area contributed by atoms with Crippen molar-refractivity contribution in [2.75, 3.05) is 0 Å². The van der Waals surface area contributed by atoms with E-state index in [0.29, 0.717) is 0 Å². The molecular formula is H8ClK2NO. The molecule has 5 N–H and O–H groups in total. The van der Waals surface area contributed by atoms with Crippen LogP contribution in [-0.2, 0) is 0 Å². The molecule has 0 rings (SSSR count). The van der Waals surface area contributed by atoms with E-state index in [1.165, 1.54) is 0 Å². The van der Waals surface area contributed by atoms with Gasteiger partial charge in [0.2, 0.25) is 0 Å². The van der Waals surface area contributed by atoms with Crippen LogP contribution >= 0.6 is 12.4 Å². The number of hydrogen-bond acceptors (Lipinski definition) is 1. The van der Waals surface area contributed by atoms with Crippen molar-refractivity contribution in [2.45, 2.75) is 0 Å². The summed E-state index contributed by atoms with van der Waals surface area (Å²) >= 11 is 0. The Balaban J connectivity index is 0. The maximum absolute atomic E-state index is 0. The summed E-state index contributed by atoms with van der Waals surface area (Å²) in [6.45, 7) is 0. The van der Waals surface area contributed by atoms with Crippen molar-refractivity contribution in [2.24, 2.45) is 0 Å². The number of hydrogen-bond donors (Lipinski definition) is 1. The monoisotopic (exact) mass is 151 g/mol. The normalized spacial score (nSPS) is 0. The predicted molar refractivity (Wildman–Crippen MR) is 30.2 cm³/mol. The molecule has 28 valence electrons. The average Bonchev–Trinajstić information content (AvgIpc) is 0. The molecule has 0 radical (unpaired) electrons. The second-order valence-electron chi connectivity index (χ2n) is 0. The molecule has 0 aromatic heterocycles. The Morgan fingerprint density at radius 3 is 0.800 bits per heavy atom. The van der Waals surface area contributed by atoms with Crippen molar-refractivity contribution in [3.63, 3.8) is 0 Å². The van der Waals surface area contributed by atoms with Gasteiger partial charge in [0, 0.05) is 0 Å². The Hall–Kier alpha value is 3.48. The van der Waals surface area contributed by atoms with Gasteiger partial charge in [0.1, 0.15) is 0 Å². The van der Waals surface area contributed by atoms with Gasteiger partial charge in [-0.2, -0.15) is 0 Å². The maximum atomic E-state index is 0. The van der Waals surface area contributed by atoms with E-state index in [1.54, 1.807) is 0 Å². The molecule has 0 amide bonds. The minimum atomic E-state index is 0. The summed E-state index contributed by atoms with van der Waals surface area (Å²) in [5.41, 5.74) is 0. The van der Waals surface area contributed by atoms with Crippen molar-refractivity contribution in [3.8, 4) is 0 Å². The molecule has 0 aliphatic rings. The molecule has 2 nitrogen and oxygen atoms in total. The topological polar surface area (TPSA) is 66.5 Å². The van der Waals surface area contributed by atoms with Crippen LogP contribution in [0.2, 0.25) is 0 Å². The molecule has 0 aromatic carbocycles. The van der Waals surface area contributed by atoms with Crippen LogP contribution in [0.15, 0.2) is 0 Å². The first-order valence-electron chi connectivity index (χ1n) is 0. The fraction of sp³-hybridized carbons (Fsp3) is 0. The van der Waals surface area contributed by atoms with Gasteiger partial charge in [0.05, 0.1) is 0 Å². The molecule has 0 bridgehead atoms. The van der Waals surface area contributed by atoms with E-state index in [9.17, 15) is 0 Å². The average molecular weight is 152 g/mol. The van der Waals surface area contributed by atoms with Crippen molar-refractivity contribution >= 4 is 115 Å². The summed E-state index contributed by atoms with van der Waals surface area (Å²) in [5, 5.41) is 0. The third kappa shape index (κ3) is 18.5. The summed E-state index contributed by atoms with van der Waals surface area (Å²) in [5.74, 6) is 0. The van der Waals surface area contributed by atoms with E-state index in [1.807, 2.05) is 0 Å². The fourth-order valence-electron chi connectivity index (χ4n) is 0. The SMILES string of the molecule is Cl.N.O.[KH].[KH]. The van der Waals surface area contributed by atoms with Gasteiger partial charge < -0.3 is 11.6 Å². The van der Waals surface area contributed by atoms with E-state index in [2.05, 4.69) is 0 Å². The molecule has 0 spiro atoms. The van der Waals surface area contributed by atoms with Gasteiger partial charge in [0.25, 0.3) is 0 Å². The zero-order valence-corrected chi connectivity index (χ0v) is 2.43. The second kappa shape index (κ2) is 25.9. The van der Waals surface area contributed by atoms with E-state index in [4.69, 9.17) is 0 Å². The van der Waals surface area contributed by atoms with Crippen LogP contribution in [0.25, 0.3) is 0 Å². The zero-order chi connectivity index (χ0) is 0. The summed E-state index contributed by atoms with van der Waals surface area (Å²) in [7, 11) is 0. The van der Waals surface area contributed by atoms with Gasteiger partial charge in [0.15, 0.2) is 0 Å². The van der Waals surface area contributed by atoms with Gasteiger partial charge >= 0.3 is 103 Å². The molecule has 5 heavy (non-hydrogen) atoms. The van der Waals surface area contributed by atoms with Gasteiger partial charge in [-0.05, 0) is 0 Å². The van der Waals surface area contributed by atoms with Gasteiger partial charge in [-0.3, -0.25) is 0 Å². The first-order valence-corrected chi connectivity index (χ1v) is 0. The van der Waals surface area contributed by atoms with Crippen molar-refractivity contribution in [1.29, 1.82) is 0 Å². The van der Waals surface area contributed by atoms with E-state index >= 15 is 0 Å². The zero-order valence-electron chi connectivity index (χ0n) is 1.62. The van der Waals surface area contributed by atoms with Crippen LogP contribution in [-0.4, -0.2) is 108 Å². The Bertz CT molecular complexity index is 9.61. The molecule has 5 heteroatoms. The Labute approximate surface area is 123 Å². The van der Waals surface area contributed by atoms with Crippen molar-refractivity contribution in [3.05, 3.63) is 0 Å². The van der Waals surface area contributed by atoms with E-state index < -0.39 is 0 Å². The standard InChI is InChI=1S/ClH.2K.H3N.H2O.2H/h1H;;;1H3;1H2;;. The third-order valence-corrected chi connectivity index (χ3v) is 0. The van der Waals surface area contributed by atoms with Crippen LogP contribution < -0.4 is 6.15 Å². The summed E-state index contributed by atoms with van der Waals surface area (Å²) in [4.78, 5) is 0. The Morgan fingerprint density at radius 2 is 0.800 bits per heavy atom. The molecular weight excluding hydrogens is 144 g/mol. The molecule has 0 unspecified atom stereocenters. The molecule has 0 aliphatic carbocycles. The van der Waals surface area contributed by atoms with Crippen LogP contribution in [0.4, 0.5) is 0 Å². The Morgan fingerprint density at radius 1 is 0.800 bits per heavy atom. The van der Waals surface area contributed by atoms with Gasteiger partial charge in [-0.25, -0.2) is 0 Å². The predicted octanol–water partition coefficient (Wildman–Crippen LogP) is -1.54. The van der Waals surface area contributed by atoms with Crippen LogP contribution in [0, 0.1) is 0 Å². The van der Waals surface area contributed by atoms with Crippen LogP contribution in [0.1, 0.15) is 0 Å². The Kier molecular flexibility index (Phi) is 203. The molecule has 0 saturated carbocycles. The van der Waals surface area contributed by atoms with Gasteiger partial charge in [-0.15, -0.1) is 12.4 Å². The molecule has 0 aromatic rings. The third-order valence-electron chi connectivity index (χ3n) is 0. The summed E-state index contributed by atoms with van der Waals surface area (Å²) < 4.78 is 0. The number of rotatable bonds is 0. The second-order valence-corrected chi connectivity index (χ2v) is 0. The van der Waals surface area contributed by atoms with Gasteiger partial charge in [-0.1, -0.05) is 0 Å². The minimum absolute atomic E-state index is 0.